The molecular weight excluding hydrogens is 262 g/mol. The van der Waals surface area contributed by atoms with Gasteiger partial charge in [0, 0.05) is 10.5 Å². The quantitative estimate of drug-likeness (QED) is 0.801. The fourth-order valence-corrected chi connectivity index (χ4v) is 3.82. The molecule has 2 aromatic rings. The second-order valence-electron chi connectivity index (χ2n) is 4.78. The van der Waals surface area contributed by atoms with Crippen LogP contribution in [0, 0.1) is 0 Å². The summed E-state index contributed by atoms with van der Waals surface area (Å²) in [5.41, 5.74) is 1.16. The molecule has 2 unspecified atom stereocenters. The van der Waals surface area contributed by atoms with Gasteiger partial charge in [0.15, 0.2) is 5.78 Å². The molecule has 2 heterocycles. The number of thioether (sulfide) groups is 1. The topological polar surface area (TPSA) is 20.3 Å². The average molecular weight is 277 g/mol. The summed E-state index contributed by atoms with van der Waals surface area (Å²) in [5, 5.41) is 3.58. The summed E-state index contributed by atoms with van der Waals surface area (Å²) in [4.78, 5) is 14.5. The Morgan fingerprint density at radius 2 is 2.11 bits per heavy atom. The van der Waals surface area contributed by atoms with E-state index in [1.807, 2.05) is 31.1 Å². The molecule has 3 rings (SSSR count). The monoisotopic (exact) mass is 277 g/mol. The van der Waals surface area contributed by atoms with E-state index in [1.165, 1.54) is 10.1 Å². The Kier molecular flexibility index (Phi) is 3.18. The van der Waals surface area contributed by atoms with Gasteiger partial charge in [0.05, 0.1) is 11.3 Å². The number of hydrogen-bond acceptors (Lipinski definition) is 4. The fraction of sp³-hybridized carbons (Fsp3) is 0.357. The first-order chi connectivity index (χ1) is 8.68. The molecule has 4 heteroatoms. The highest BCUT2D eigenvalue weighted by molar-refractivity contribution is 8.07. The Bertz CT molecular complexity index is 586. The Morgan fingerprint density at radius 1 is 1.39 bits per heavy atom. The molecule has 1 aliphatic heterocycles. The molecule has 18 heavy (non-hydrogen) atoms. The maximum absolute atomic E-state index is 12.4. The lowest BCUT2D eigenvalue weighted by molar-refractivity contribution is -0.122. The van der Waals surface area contributed by atoms with Crippen molar-refractivity contribution >= 4 is 39.0 Å². The fourth-order valence-electron chi connectivity index (χ4n) is 2.28. The van der Waals surface area contributed by atoms with Crippen molar-refractivity contribution < 1.29 is 4.79 Å². The van der Waals surface area contributed by atoms with E-state index in [4.69, 9.17) is 0 Å². The Hall–Kier alpha value is -0.840. The molecule has 0 bridgehead atoms. The lowest BCUT2D eigenvalue weighted by Crippen LogP contribution is -2.30. The van der Waals surface area contributed by atoms with Crippen molar-refractivity contribution in [2.45, 2.75) is 11.3 Å². The molecular formula is C14H15NOS2. The summed E-state index contributed by atoms with van der Waals surface area (Å²) in [6, 6.07) is 8.23. The number of thiophene rings is 1. The number of ketones is 1. The van der Waals surface area contributed by atoms with E-state index in [1.54, 1.807) is 23.1 Å². The van der Waals surface area contributed by atoms with Crippen molar-refractivity contribution in [3.05, 3.63) is 35.2 Å². The highest BCUT2D eigenvalue weighted by atomic mass is 32.2. The highest BCUT2D eigenvalue weighted by Crippen LogP contribution is 2.39. The van der Waals surface area contributed by atoms with Crippen LogP contribution in [-0.2, 0) is 4.79 Å². The van der Waals surface area contributed by atoms with Crippen molar-refractivity contribution in [2.24, 2.45) is 0 Å². The van der Waals surface area contributed by atoms with E-state index < -0.39 is 0 Å². The first-order valence-corrected chi connectivity index (χ1v) is 7.89. The Labute approximate surface area is 115 Å². The van der Waals surface area contributed by atoms with Gasteiger partial charge in [-0.15, -0.1) is 23.1 Å². The van der Waals surface area contributed by atoms with Crippen LogP contribution in [0.25, 0.3) is 10.1 Å². The van der Waals surface area contributed by atoms with E-state index in [0.717, 1.165) is 11.3 Å². The molecule has 1 saturated heterocycles. The largest absolute Gasteiger partial charge is 0.296 e. The standard InChI is InChI=1S/C14H15NOS2/c1-15(2)13(14(16)12-8-18-12)10-7-17-11-6-4-3-5-9(10)11/h3-7,12-13H,8H2,1-2H3. The van der Waals surface area contributed by atoms with Crippen molar-refractivity contribution in [2.75, 3.05) is 19.8 Å². The minimum Gasteiger partial charge on any atom is -0.296 e. The zero-order chi connectivity index (χ0) is 12.7. The molecule has 1 aromatic heterocycles. The number of fused-ring (bicyclic) bond motifs is 1. The molecule has 1 fully saturated rings. The lowest BCUT2D eigenvalue weighted by atomic mass is 9.99. The first-order valence-electron chi connectivity index (χ1n) is 5.96. The zero-order valence-corrected chi connectivity index (χ0v) is 12.1. The lowest BCUT2D eigenvalue weighted by Gasteiger charge is -2.22. The zero-order valence-electron chi connectivity index (χ0n) is 10.4. The third kappa shape index (κ3) is 2.09. The number of rotatable bonds is 4. The molecule has 94 valence electrons. The summed E-state index contributed by atoms with van der Waals surface area (Å²) in [6.07, 6.45) is 0. The van der Waals surface area contributed by atoms with Gasteiger partial charge in [0.25, 0.3) is 0 Å². The van der Waals surface area contributed by atoms with Gasteiger partial charge in [-0.1, -0.05) is 18.2 Å². The van der Waals surface area contributed by atoms with Crippen LogP contribution >= 0.6 is 23.1 Å². The Balaban J connectivity index is 2.06. The predicted molar refractivity (Wildman–Crippen MR) is 79.5 cm³/mol. The molecule has 1 aliphatic rings. The van der Waals surface area contributed by atoms with Gasteiger partial charge in [-0.2, -0.15) is 0 Å². The van der Waals surface area contributed by atoms with Gasteiger partial charge < -0.3 is 0 Å². The van der Waals surface area contributed by atoms with Crippen LogP contribution < -0.4 is 0 Å². The first kappa shape index (κ1) is 12.2. The minimum atomic E-state index is -0.0962. The second-order valence-corrected chi connectivity index (χ2v) is 6.92. The number of carbonyl (C=O) groups excluding carboxylic acids is 1. The van der Waals surface area contributed by atoms with Gasteiger partial charge in [-0.25, -0.2) is 0 Å². The van der Waals surface area contributed by atoms with Gasteiger partial charge in [-0.3, -0.25) is 9.69 Å². The number of carbonyl (C=O) groups is 1. The summed E-state index contributed by atoms with van der Waals surface area (Å²) >= 11 is 3.48. The van der Waals surface area contributed by atoms with Crippen molar-refractivity contribution in [3.63, 3.8) is 0 Å². The molecule has 2 nitrogen and oxygen atoms in total. The van der Waals surface area contributed by atoms with Gasteiger partial charge in [0.2, 0.25) is 0 Å². The van der Waals surface area contributed by atoms with Crippen LogP contribution in [0.1, 0.15) is 11.6 Å². The molecule has 0 saturated carbocycles. The van der Waals surface area contributed by atoms with Crippen LogP contribution in [0.15, 0.2) is 29.6 Å². The summed E-state index contributed by atoms with van der Waals surface area (Å²) in [6.45, 7) is 0. The van der Waals surface area contributed by atoms with Gasteiger partial charge in [-0.05, 0) is 36.5 Å². The van der Waals surface area contributed by atoms with E-state index in [2.05, 4.69) is 17.5 Å². The number of nitrogens with zero attached hydrogens (tertiary/aromatic N) is 1. The molecule has 0 N–H and O–H groups in total. The molecule has 1 aromatic carbocycles. The van der Waals surface area contributed by atoms with Crippen LogP contribution in [0.3, 0.4) is 0 Å². The molecule has 0 radical (unpaired) electrons. The normalized spacial score (nSPS) is 20.3. The highest BCUT2D eigenvalue weighted by Gasteiger charge is 2.38. The minimum absolute atomic E-state index is 0.0962. The van der Waals surface area contributed by atoms with Gasteiger partial charge in [0.1, 0.15) is 0 Å². The molecule has 0 spiro atoms. The van der Waals surface area contributed by atoms with Crippen LogP contribution in [-0.4, -0.2) is 35.8 Å². The van der Waals surface area contributed by atoms with E-state index in [9.17, 15) is 4.79 Å². The van der Waals surface area contributed by atoms with Crippen LogP contribution in [0.5, 0.6) is 0 Å². The SMILES string of the molecule is CN(C)C(C(=O)C1CS1)c1csc2ccccc12. The number of benzene rings is 1. The third-order valence-electron chi connectivity index (χ3n) is 3.24. The molecule has 2 atom stereocenters. The molecule has 0 amide bonds. The van der Waals surface area contributed by atoms with Crippen molar-refractivity contribution in [1.82, 2.24) is 4.90 Å². The van der Waals surface area contributed by atoms with E-state index in [0.29, 0.717) is 5.78 Å². The number of Topliss-reactive ketones (excluding diaryl/α,β-unsaturated/α-hetero) is 1. The third-order valence-corrected chi connectivity index (χ3v) is 5.12. The maximum Gasteiger partial charge on any atom is 0.168 e. The van der Waals surface area contributed by atoms with Crippen molar-refractivity contribution in [1.29, 1.82) is 0 Å². The second kappa shape index (κ2) is 4.68. The summed E-state index contributed by atoms with van der Waals surface area (Å²) < 4.78 is 1.26. The summed E-state index contributed by atoms with van der Waals surface area (Å²) in [7, 11) is 3.98. The number of likely N-dealkylation sites (N-methyl/N-ethyl adjacent to an activating group) is 1. The molecule has 0 aliphatic carbocycles. The Morgan fingerprint density at radius 3 is 2.78 bits per heavy atom. The van der Waals surface area contributed by atoms with Gasteiger partial charge >= 0.3 is 0 Å². The number of hydrogen-bond donors (Lipinski definition) is 0. The maximum atomic E-state index is 12.4. The van der Waals surface area contributed by atoms with Crippen LogP contribution in [0.2, 0.25) is 0 Å². The smallest absolute Gasteiger partial charge is 0.168 e. The van der Waals surface area contributed by atoms with Crippen LogP contribution in [0.4, 0.5) is 0 Å². The van der Waals surface area contributed by atoms with E-state index >= 15 is 0 Å². The van der Waals surface area contributed by atoms with Crippen molar-refractivity contribution in [3.8, 4) is 0 Å². The summed E-state index contributed by atoms with van der Waals surface area (Å²) in [5.74, 6) is 1.35. The van der Waals surface area contributed by atoms with E-state index in [-0.39, 0.29) is 11.3 Å². The average Bonchev–Trinajstić information content (AvgIpc) is 3.12. The predicted octanol–water partition coefficient (Wildman–Crippen LogP) is 3.19.